The number of aliphatic hydroxyl groups is 1. The quantitative estimate of drug-likeness (QED) is 0.707. The summed E-state index contributed by atoms with van der Waals surface area (Å²) < 4.78 is 46.7. The fourth-order valence-corrected chi connectivity index (χ4v) is 3.32. The summed E-state index contributed by atoms with van der Waals surface area (Å²) in [6, 6.07) is 6.78. The van der Waals surface area contributed by atoms with E-state index >= 15 is 0 Å². The minimum atomic E-state index is -4.85. The second kappa shape index (κ2) is 7.89. The van der Waals surface area contributed by atoms with Gasteiger partial charge in [-0.3, -0.25) is 14.5 Å². The van der Waals surface area contributed by atoms with Crippen molar-refractivity contribution in [3.8, 4) is 5.75 Å². The molecule has 30 heavy (non-hydrogen) atoms. The molecule has 1 amide bonds. The van der Waals surface area contributed by atoms with E-state index in [-0.39, 0.29) is 29.4 Å². The standard InChI is InChI=1S/C21H20F3NO5/c1-11(2)10-15(26)17-18(16-9-4-12(3)29-16)25(20(28)19(17)27)13-5-7-14(8-6-13)30-21(22,23)24/h4-9,11,18,27H,10H2,1-3H3. The van der Waals surface area contributed by atoms with Crippen LogP contribution in [0.2, 0.25) is 0 Å². The van der Waals surface area contributed by atoms with E-state index in [1.54, 1.807) is 19.1 Å². The molecule has 1 aliphatic rings. The number of amides is 1. The summed E-state index contributed by atoms with van der Waals surface area (Å²) in [7, 11) is 0. The summed E-state index contributed by atoms with van der Waals surface area (Å²) >= 11 is 0. The first-order valence-electron chi connectivity index (χ1n) is 9.20. The van der Waals surface area contributed by atoms with Crippen molar-refractivity contribution in [3.63, 3.8) is 0 Å². The van der Waals surface area contributed by atoms with Gasteiger partial charge < -0.3 is 14.3 Å². The fourth-order valence-electron chi connectivity index (χ4n) is 3.32. The van der Waals surface area contributed by atoms with Crippen LogP contribution >= 0.6 is 0 Å². The van der Waals surface area contributed by atoms with Crippen LogP contribution in [0.5, 0.6) is 5.75 Å². The Morgan fingerprint density at radius 1 is 1.20 bits per heavy atom. The summed E-state index contributed by atoms with van der Waals surface area (Å²) in [5.74, 6) is -1.63. The van der Waals surface area contributed by atoms with Gasteiger partial charge in [-0.2, -0.15) is 0 Å². The van der Waals surface area contributed by atoms with Gasteiger partial charge in [-0.25, -0.2) is 0 Å². The average molecular weight is 423 g/mol. The maximum atomic E-state index is 12.8. The van der Waals surface area contributed by atoms with Crippen molar-refractivity contribution in [2.45, 2.75) is 39.6 Å². The fraction of sp³-hybridized carbons (Fsp3) is 0.333. The van der Waals surface area contributed by atoms with Crippen LogP contribution in [0.4, 0.5) is 18.9 Å². The molecule has 1 unspecified atom stereocenters. The number of anilines is 1. The van der Waals surface area contributed by atoms with Crippen molar-refractivity contribution in [1.29, 1.82) is 0 Å². The number of aliphatic hydroxyl groups excluding tert-OH is 1. The van der Waals surface area contributed by atoms with E-state index in [1.807, 2.05) is 13.8 Å². The molecule has 1 atom stereocenters. The van der Waals surface area contributed by atoms with Gasteiger partial charge in [0.15, 0.2) is 11.5 Å². The molecule has 160 valence electrons. The molecule has 1 aromatic carbocycles. The Morgan fingerprint density at radius 2 is 1.83 bits per heavy atom. The first kappa shape index (κ1) is 21.5. The molecular formula is C21H20F3NO5. The smallest absolute Gasteiger partial charge is 0.503 e. The van der Waals surface area contributed by atoms with Crippen molar-refractivity contribution in [3.05, 3.63) is 59.3 Å². The number of carbonyl (C=O) groups is 2. The van der Waals surface area contributed by atoms with Gasteiger partial charge in [-0.15, -0.1) is 13.2 Å². The summed E-state index contributed by atoms with van der Waals surface area (Å²) in [5, 5.41) is 10.5. The minimum absolute atomic E-state index is 0.0141. The van der Waals surface area contributed by atoms with E-state index in [4.69, 9.17) is 4.42 Å². The normalized spacial score (nSPS) is 17.2. The molecule has 0 aliphatic carbocycles. The molecule has 1 N–H and O–H groups in total. The minimum Gasteiger partial charge on any atom is -0.503 e. The van der Waals surface area contributed by atoms with Gasteiger partial charge in [0.2, 0.25) is 0 Å². The van der Waals surface area contributed by atoms with E-state index in [0.29, 0.717) is 5.76 Å². The third-order valence-corrected chi connectivity index (χ3v) is 4.48. The first-order chi connectivity index (χ1) is 14.0. The summed E-state index contributed by atoms with van der Waals surface area (Å²) in [6.07, 6.45) is -4.75. The topological polar surface area (TPSA) is 80.0 Å². The molecule has 2 heterocycles. The molecule has 2 aromatic rings. The number of halogens is 3. The van der Waals surface area contributed by atoms with Crippen LogP contribution in [0.1, 0.15) is 37.8 Å². The molecule has 0 radical (unpaired) electrons. The molecule has 0 saturated carbocycles. The second-order valence-electron chi connectivity index (χ2n) is 7.35. The largest absolute Gasteiger partial charge is 0.573 e. The highest BCUT2D eigenvalue weighted by Crippen LogP contribution is 2.42. The Hall–Kier alpha value is -3.23. The summed E-state index contributed by atoms with van der Waals surface area (Å²) in [6.45, 7) is 5.35. The number of Topliss-reactive ketones (excluding diaryl/α,β-unsaturated/α-hetero) is 1. The van der Waals surface area contributed by atoms with Crippen LogP contribution in [-0.4, -0.2) is 23.2 Å². The predicted molar refractivity (Wildman–Crippen MR) is 101 cm³/mol. The SMILES string of the molecule is Cc1ccc(C2C(C(=O)CC(C)C)=C(O)C(=O)N2c2ccc(OC(F)(F)F)cc2)o1. The monoisotopic (exact) mass is 423 g/mol. The van der Waals surface area contributed by atoms with Crippen LogP contribution in [0.25, 0.3) is 0 Å². The van der Waals surface area contributed by atoms with Crippen LogP contribution in [0, 0.1) is 12.8 Å². The molecule has 0 bridgehead atoms. The highest BCUT2D eigenvalue weighted by Gasteiger charge is 2.45. The van der Waals surface area contributed by atoms with Gasteiger partial charge in [0.1, 0.15) is 23.3 Å². The molecule has 0 fully saturated rings. The van der Waals surface area contributed by atoms with Gasteiger partial charge >= 0.3 is 6.36 Å². The Balaban J connectivity index is 2.03. The lowest BCUT2D eigenvalue weighted by Crippen LogP contribution is -2.31. The Bertz CT molecular complexity index is 989. The van der Waals surface area contributed by atoms with E-state index in [0.717, 1.165) is 17.0 Å². The van der Waals surface area contributed by atoms with Crippen LogP contribution in [0.15, 0.2) is 52.1 Å². The van der Waals surface area contributed by atoms with E-state index in [1.165, 1.54) is 12.1 Å². The number of hydrogen-bond donors (Lipinski definition) is 1. The average Bonchev–Trinajstić information content (AvgIpc) is 3.16. The second-order valence-corrected chi connectivity index (χ2v) is 7.35. The molecular weight excluding hydrogens is 403 g/mol. The Morgan fingerprint density at radius 3 is 2.33 bits per heavy atom. The lowest BCUT2D eigenvalue weighted by atomic mass is 9.95. The molecule has 9 heteroatoms. The van der Waals surface area contributed by atoms with Gasteiger partial charge in [0, 0.05) is 12.1 Å². The van der Waals surface area contributed by atoms with Crippen molar-refractivity contribution >= 4 is 17.4 Å². The van der Waals surface area contributed by atoms with Gasteiger partial charge in [-0.05, 0) is 49.2 Å². The zero-order valence-corrected chi connectivity index (χ0v) is 16.5. The molecule has 1 aromatic heterocycles. The number of aryl methyl sites for hydroxylation is 1. The third-order valence-electron chi connectivity index (χ3n) is 4.48. The predicted octanol–water partition coefficient (Wildman–Crippen LogP) is 5.00. The number of furan rings is 1. The van der Waals surface area contributed by atoms with Gasteiger partial charge in [0.05, 0.1) is 5.57 Å². The molecule has 6 nitrogen and oxygen atoms in total. The molecule has 0 spiro atoms. The lowest BCUT2D eigenvalue weighted by Gasteiger charge is -2.25. The van der Waals surface area contributed by atoms with E-state index in [9.17, 15) is 27.9 Å². The van der Waals surface area contributed by atoms with Crippen molar-refractivity contribution in [1.82, 2.24) is 0 Å². The van der Waals surface area contributed by atoms with Gasteiger partial charge in [-0.1, -0.05) is 13.8 Å². The van der Waals surface area contributed by atoms with Crippen LogP contribution in [-0.2, 0) is 9.59 Å². The summed E-state index contributed by atoms with van der Waals surface area (Å²) in [4.78, 5) is 26.8. The lowest BCUT2D eigenvalue weighted by molar-refractivity contribution is -0.274. The number of carbonyl (C=O) groups excluding carboxylic acids is 2. The van der Waals surface area contributed by atoms with Crippen LogP contribution in [0.3, 0.4) is 0 Å². The number of ketones is 1. The van der Waals surface area contributed by atoms with Crippen molar-refractivity contribution < 1.29 is 37.0 Å². The van der Waals surface area contributed by atoms with E-state index in [2.05, 4.69) is 4.74 Å². The van der Waals surface area contributed by atoms with Crippen LogP contribution < -0.4 is 9.64 Å². The Kier molecular flexibility index (Phi) is 5.65. The summed E-state index contributed by atoms with van der Waals surface area (Å²) in [5.41, 5.74) is 0.0751. The first-order valence-corrected chi connectivity index (χ1v) is 9.20. The van der Waals surface area contributed by atoms with Crippen molar-refractivity contribution in [2.75, 3.05) is 4.90 Å². The Labute approximate surface area is 170 Å². The number of alkyl halides is 3. The molecule has 3 rings (SSSR count). The maximum Gasteiger partial charge on any atom is 0.573 e. The highest BCUT2D eigenvalue weighted by atomic mass is 19.4. The van der Waals surface area contributed by atoms with E-state index < -0.39 is 35.6 Å². The highest BCUT2D eigenvalue weighted by molar-refractivity contribution is 6.16. The molecule has 1 aliphatic heterocycles. The number of hydrogen-bond acceptors (Lipinski definition) is 5. The molecule has 0 saturated heterocycles. The third kappa shape index (κ3) is 4.34. The number of nitrogens with zero attached hydrogens (tertiary/aromatic N) is 1. The van der Waals surface area contributed by atoms with Gasteiger partial charge in [0.25, 0.3) is 5.91 Å². The zero-order chi connectivity index (χ0) is 22.2. The number of ether oxygens (including phenoxy) is 1. The van der Waals surface area contributed by atoms with Crippen molar-refractivity contribution in [2.24, 2.45) is 5.92 Å². The maximum absolute atomic E-state index is 12.8. The number of rotatable bonds is 6. The zero-order valence-electron chi connectivity index (χ0n) is 16.5. The number of benzene rings is 1.